The van der Waals surface area contributed by atoms with E-state index in [1.165, 1.54) is 25.1 Å². The number of amides is 2. The molecule has 0 radical (unpaired) electrons. The lowest BCUT2D eigenvalue weighted by molar-refractivity contribution is 0.0596. The Hall–Kier alpha value is -2.41. The average Bonchev–Trinajstić information content (AvgIpc) is 2.86. The molecule has 130 valence electrons. The predicted octanol–water partition coefficient (Wildman–Crippen LogP) is 2.94. The van der Waals surface area contributed by atoms with Crippen molar-refractivity contribution in [3.63, 3.8) is 0 Å². The van der Waals surface area contributed by atoms with Gasteiger partial charge in [-0.25, -0.2) is 9.18 Å². The van der Waals surface area contributed by atoms with E-state index in [-0.39, 0.29) is 12.6 Å². The van der Waals surface area contributed by atoms with E-state index in [1.807, 2.05) is 20.8 Å². The fourth-order valence-electron chi connectivity index (χ4n) is 2.41. The molecule has 3 N–H and O–H groups in total. The third-order valence-corrected chi connectivity index (χ3v) is 3.69. The van der Waals surface area contributed by atoms with Gasteiger partial charge in [-0.2, -0.15) is 5.10 Å². The summed E-state index contributed by atoms with van der Waals surface area (Å²) >= 11 is 0. The first-order valence-electron chi connectivity index (χ1n) is 7.78. The minimum Gasteiger partial charge on any atom is -0.384 e. The number of carbonyl (C=O) groups is 1. The molecule has 1 unspecified atom stereocenters. The number of aryl methyl sites for hydroxylation is 1. The molecule has 7 heteroatoms. The quantitative estimate of drug-likeness (QED) is 0.786. The van der Waals surface area contributed by atoms with Gasteiger partial charge in [0.05, 0.1) is 6.54 Å². The molecule has 24 heavy (non-hydrogen) atoms. The molecule has 2 rings (SSSR count). The van der Waals surface area contributed by atoms with Crippen molar-refractivity contribution in [2.45, 2.75) is 39.3 Å². The highest BCUT2D eigenvalue weighted by Crippen LogP contribution is 2.20. The largest absolute Gasteiger partial charge is 0.384 e. The zero-order chi connectivity index (χ0) is 17.9. The van der Waals surface area contributed by atoms with E-state index in [0.29, 0.717) is 11.4 Å². The van der Waals surface area contributed by atoms with E-state index in [4.69, 9.17) is 0 Å². The van der Waals surface area contributed by atoms with E-state index < -0.39 is 17.4 Å². The Morgan fingerprint density at radius 2 is 2.12 bits per heavy atom. The lowest BCUT2D eigenvalue weighted by atomic mass is 9.96. The highest BCUT2D eigenvalue weighted by atomic mass is 19.1. The van der Waals surface area contributed by atoms with Crippen LogP contribution in [-0.4, -0.2) is 27.5 Å². The number of nitrogens with zero attached hydrogens (tertiary/aromatic N) is 2. The van der Waals surface area contributed by atoms with Crippen molar-refractivity contribution in [3.8, 4) is 0 Å². The molecule has 6 nitrogen and oxygen atoms in total. The Balaban J connectivity index is 1.96. The Morgan fingerprint density at radius 1 is 1.42 bits per heavy atom. The zero-order valence-electron chi connectivity index (χ0n) is 14.3. The number of nitrogens with one attached hydrogen (secondary N) is 2. The highest BCUT2D eigenvalue weighted by Gasteiger charge is 2.24. The first-order chi connectivity index (χ1) is 11.2. The van der Waals surface area contributed by atoms with Crippen molar-refractivity contribution in [1.29, 1.82) is 0 Å². The van der Waals surface area contributed by atoms with E-state index in [2.05, 4.69) is 15.7 Å². The number of hydrogen-bond acceptors (Lipinski definition) is 3. The molecule has 2 aromatic rings. The average molecular weight is 334 g/mol. The van der Waals surface area contributed by atoms with E-state index in [1.54, 1.807) is 16.8 Å². The minimum atomic E-state index is -1.38. The molecule has 0 saturated carbocycles. The molecule has 1 aromatic carbocycles. The van der Waals surface area contributed by atoms with Crippen molar-refractivity contribution in [2.75, 3.05) is 11.9 Å². The third kappa shape index (κ3) is 4.32. The van der Waals surface area contributed by atoms with Crippen LogP contribution in [0.1, 0.15) is 38.1 Å². The van der Waals surface area contributed by atoms with Gasteiger partial charge < -0.3 is 10.4 Å². The van der Waals surface area contributed by atoms with Crippen LogP contribution in [0.3, 0.4) is 0 Å². The lowest BCUT2D eigenvalue weighted by Gasteiger charge is -2.24. The van der Waals surface area contributed by atoms with Crippen LogP contribution in [-0.2, 0) is 5.60 Å². The molecule has 1 aromatic heterocycles. The number of hydrogen-bond donors (Lipinski definition) is 3. The molecule has 1 heterocycles. The summed E-state index contributed by atoms with van der Waals surface area (Å²) in [5.74, 6) is -0.00368. The highest BCUT2D eigenvalue weighted by molar-refractivity contribution is 5.88. The van der Waals surface area contributed by atoms with Crippen molar-refractivity contribution in [1.82, 2.24) is 15.1 Å². The van der Waals surface area contributed by atoms with Gasteiger partial charge in [-0.15, -0.1) is 0 Å². The fourth-order valence-corrected chi connectivity index (χ4v) is 2.41. The molecule has 0 saturated heterocycles. The summed E-state index contributed by atoms with van der Waals surface area (Å²) in [6.45, 7) is 7.36. The molecular weight excluding hydrogens is 311 g/mol. The van der Waals surface area contributed by atoms with Crippen LogP contribution in [0, 0.1) is 12.7 Å². The van der Waals surface area contributed by atoms with Crippen LogP contribution in [0.25, 0.3) is 0 Å². The summed E-state index contributed by atoms with van der Waals surface area (Å²) in [5, 5.41) is 19.9. The minimum absolute atomic E-state index is 0.0633. The number of carbonyl (C=O) groups excluding carboxylic acids is 1. The SMILES string of the molecule is Cc1cc(NC(=O)NCC(C)(O)c2cccc(F)c2)nn1C(C)C. The predicted molar refractivity (Wildman–Crippen MR) is 90.3 cm³/mol. The van der Waals surface area contributed by atoms with Gasteiger partial charge in [-0.05, 0) is 45.4 Å². The Morgan fingerprint density at radius 3 is 2.71 bits per heavy atom. The topological polar surface area (TPSA) is 79.2 Å². The maximum Gasteiger partial charge on any atom is 0.320 e. The van der Waals surface area contributed by atoms with Crippen molar-refractivity contribution in [2.24, 2.45) is 0 Å². The van der Waals surface area contributed by atoms with Crippen molar-refractivity contribution >= 4 is 11.8 Å². The van der Waals surface area contributed by atoms with Crippen molar-refractivity contribution in [3.05, 3.63) is 47.4 Å². The summed E-state index contributed by atoms with van der Waals surface area (Å²) in [6, 6.07) is 7.14. The van der Waals surface area contributed by atoms with Crippen LogP contribution >= 0.6 is 0 Å². The summed E-state index contributed by atoms with van der Waals surface area (Å²) in [7, 11) is 0. The molecule has 2 amide bonds. The fraction of sp³-hybridized carbons (Fsp3) is 0.412. The van der Waals surface area contributed by atoms with Crippen LogP contribution < -0.4 is 10.6 Å². The first kappa shape index (κ1) is 17.9. The molecule has 0 aliphatic rings. The van der Waals surface area contributed by atoms with Crippen LogP contribution in [0.4, 0.5) is 15.0 Å². The summed E-state index contributed by atoms with van der Waals surface area (Å²) < 4.78 is 15.1. The van der Waals surface area contributed by atoms with E-state index in [9.17, 15) is 14.3 Å². The molecule has 0 bridgehead atoms. The van der Waals surface area contributed by atoms with Gasteiger partial charge >= 0.3 is 6.03 Å². The number of rotatable bonds is 5. The summed E-state index contributed by atoms with van der Waals surface area (Å²) in [4.78, 5) is 12.0. The summed E-state index contributed by atoms with van der Waals surface area (Å²) in [6.07, 6.45) is 0. The maximum atomic E-state index is 13.3. The molecule has 0 aliphatic heterocycles. The van der Waals surface area contributed by atoms with Gasteiger partial charge in [0.15, 0.2) is 5.82 Å². The van der Waals surface area contributed by atoms with Crippen molar-refractivity contribution < 1.29 is 14.3 Å². The van der Waals surface area contributed by atoms with E-state index >= 15 is 0 Å². The summed E-state index contributed by atoms with van der Waals surface area (Å²) in [5.41, 5.74) is -0.0538. The molecule has 0 fully saturated rings. The smallest absolute Gasteiger partial charge is 0.320 e. The van der Waals surface area contributed by atoms with Gasteiger partial charge in [0, 0.05) is 17.8 Å². The third-order valence-electron chi connectivity index (χ3n) is 3.69. The number of benzene rings is 1. The second-order valence-corrected chi connectivity index (χ2v) is 6.30. The molecule has 0 aliphatic carbocycles. The second kappa shape index (κ2) is 7.00. The standard InChI is InChI=1S/C17H23FN4O2/c1-11(2)22-12(3)8-15(21-22)20-16(23)19-10-17(4,24)13-6-5-7-14(18)9-13/h5-9,11,24H,10H2,1-4H3,(H2,19,20,21,23). The zero-order valence-corrected chi connectivity index (χ0v) is 14.3. The number of halogens is 1. The normalized spacial score (nSPS) is 13.6. The van der Waals surface area contributed by atoms with Gasteiger partial charge in [-0.3, -0.25) is 10.00 Å². The maximum absolute atomic E-state index is 13.3. The first-order valence-corrected chi connectivity index (χ1v) is 7.78. The number of aliphatic hydroxyl groups is 1. The number of anilines is 1. The Kier molecular flexibility index (Phi) is 5.23. The molecule has 1 atom stereocenters. The molecule has 0 spiro atoms. The van der Waals surface area contributed by atoms with Crippen LogP contribution in [0.15, 0.2) is 30.3 Å². The number of aromatic nitrogens is 2. The van der Waals surface area contributed by atoms with Gasteiger partial charge in [-0.1, -0.05) is 12.1 Å². The van der Waals surface area contributed by atoms with Gasteiger partial charge in [0.1, 0.15) is 11.4 Å². The monoisotopic (exact) mass is 334 g/mol. The second-order valence-electron chi connectivity index (χ2n) is 6.30. The van der Waals surface area contributed by atoms with E-state index in [0.717, 1.165) is 5.69 Å². The number of urea groups is 1. The Bertz CT molecular complexity index is 725. The van der Waals surface area contributed by atoms with Crippen LogP contribution in [0.2, 0.25) is 0 Å². The van der Waals surface area contributed by atoms with Crippen LogP contribution in [0.5, 0.6) is 0 Å². The van der Waals surface area contributed by atoms with Gasteiger partial charge in [0.25, 0.3) is 0 Å². The Labute approximate surface area is 140 Å². The molecular formula is C17H23FN4O2. The lowest BCUT2D eigenvalue weighted by Crippen LogP contribution is -2.40. The van der Waals surface area contributed by atoms with Gasteiger partial charge in [0.2, 0.25) is 0 Å².